The maximum absolute atomic E-state index is 14.5. The molecule has 2 aromatic carbocycles. The summed E-state index contributed by atoms with van der Waals surface area (Å²) in [6, 6.07) is 11.4. The van der Waals surface area contributed by atoms with E-state index in [1.807, 2.05) is 37.1 Å². The number of rotatable bonds is 7. The lowest BCUT2D eigenvalue weighted by molar-refractivity contribution is -0.228. The molecule has 6 aliphatic rings. The summed E-state index contributed by atoms with van der Waals surface area (Å²) in [4.78, 5) is 52.4. The predicted molar refractivity (Wildman–Crippen MR) is 214 cm³/mol. The van der Waals surface area contributed by atoms with Crippen LogP contribution in [0.25, 0.3) is 10.9 Å². The second-order valence-electron chi connectivity index (χ2n) is 17.1. The van der Waals surface area contributed by atoms with Gasteiger partial charge >= 0.3 is 17.9 Å². The molecule has 2 bridgehead atoms. The first kappa shape index (κ1) is 37.9. The quantitative estimate of drug-likeness (QED) is 0.192. The molecule has 1 saturated heterocycles. The van der Waals surface area contributed by atoms with Gasteiger partial charge in [-0.15, -0.1) is 0 Å². The Balaban J connectivity index is 1.34. The fraction of sp³-hybridized carbons (Fsp3) is 0.533. The number of carbonyl (C=O) groups is 3. The summed E-state index contributed by atoms with van der Waals surface area (Å²) in [5.74, 6) is -2.33. The molecule has 0 amide bonds. The van der Waals surface area contributed by atoms with Crippen molar-refractivity contribution >= 4 is 34.5 Å². The van der Waals surface area contributed by atoms with Crippen LogP contribution in [0, 0.1) is 11.3 Å². The van der Waals surface area contributed by atoms with Crippen molar-refractivity contribution in [1.82, 2.24) is 14.8 Å². The number of aromatic nitrogens is 1. The third kappa shape index (κ3) is 4.99. The lowest BCUT2D eigenvalue weighted by atomic mass is 9.47. The van der Waals surface area contributed by atoms with Crippen LogP contribution in [-0.2, 0) is 40.6 Å². The molecule has 12 heteroatoms. The predicted octanol–water partition coefficient (Wildman–Crippen LogP) is 4.94. The van der Waals surface area contributed by atoms with Gasteiger partial charge in [0.2, 0.25) is 5.60 Å². The fourth-order valence-corrected chi connectivity index (χ4v) is 12.8. The zero-order chi connectivity index (χ0) is 40.2. The highest BCUT2D eigenvalue weighted by Crippen LogP contribution is 2.68. The fourth-order valence-electron chi connectivity index (χ4n) is 12.8. The number of aromatic amines is 1. The van der Waals surface area contributed by atoms with E-state index in [0.717, 1.165) is 58.5 Å². The SMILES string of the molecule is CCC1=C[C@@H]2CN(C1)Cc1c([nH]c3ccccc13)[C@H](C(=O)OC)[C@H]2c1cc2c(cc1OC)N(C)[C@@H]1[C@@](O)(C(=O)OC)[C@H](OC(C)=O)[C@@]3(CC)C=CCN4CC[C@]21[C@@H]43. The number of para-hydroxylation sites is 1. The van der Waals surface area contributed by atoms with Crippen LogP contribution in [0.15, 0.2) is 60.2 Å². The van der Waals surface area contributed by atoms with Gasteiger partial charge in [-0.25, -0.2) is 4.79 Å². The van der Waals surface area contributed by atoms with Gasteiger partial charge in [0.15, 0.2) is 6.10 Å². The van der Waals surface area contributed by atoms with E-state index < -0.39 is 52.4 Å². The van der Waals surface area contributed by atoms with Gasteiger partial charge in [0.05, 0.1) is 27.4 Å². The number of benzene rings is 2. The monoisotopic (exact) mass is 778 g/mol. The maximum Gasteiger partial charge on any atom is 0.344 e. The number of H-pyrrole nitrogens is 1. The molecule has 1 spiro atoms. The first-order valence-corrected chi connectivity index (χ1v) is 20.4. The van der Waals surface area contributed by atoms with Gasteiger partial charge < -0.3 is 33.9 Å². The van der Waals surface area contributed by atoms with Crippen molar-refractivity contribution in [3.63, 3.8) is 0 Å². The third-order valence-electron chi connectivity index (χ3n) is 14.7. The lowest BCUT2D eigenvalue weighted by Crippen LogP contribution is -2.81. The molecular formula is C45H54N4O8. The summed E-state index contributed by atoms with van der Waals surface area (Å²) < 4.78 is 23.7. The van der Waals surface area contributed by atoms with Crippen LogP contribution in [0.4, 0.5) is 5.69 Å². The molecule has 6 heterocycles. The molecule has 0 radical (unpaired) electrons. The summed E-state index contributed by atoms with van der Waals surface area (Å²) in [5.41, 5.74) is 2.91. The molecule has 2 N–H and O–H groups in total. The first-order valence-electron chi connectivity index (χ1n) is 20.4. The Bertz CT molecular complexity index is 2230. The molecule has 1 aromatic heterocycles. The van der Waals surface area contributed by atoms with E-state index in [1.54, 1.807) is 7.11 Å². The number of anilines is 1. The minimum absolute atomic E-state index is 0.0733. The van der Waals surface area contributed by atoms with Gasteiger partial charge in [0.1, 0.15) is 11.7 Å². The summed E-state index contributed by atoms with van der Waals surface area (Å²) >= 11 is 0. The van der Waals surface area contributed by atoms with Crippen LogP contribution in [-0.4, -0.2) is 116 Å². The van der Waals surface area contributed by atoms with Crippen LogP contribution in [0.5, 0.6) is 5.75 Å². The molecule has 1 aliphatic carbocycles. The second-order valence-corrected chi connectivity index (χ2v) is 17.1. The third-order valence-corrected chi connectivity index (χ3v) is 14.7. The highest BCUT2D eigenvalue weighted by molar-refractivity contribution is 5.90. The topological polar surface area (TPSA) is 134 Å². The zero-order valence-corrected chi connectivity index (χ0v) is 34.0. The van der Waals surface area contributed by atoms with E-state index in [2.05, 4.69) is 58.1 Å². The zero-order valence-electron chi connectivity index (χ0n) is 34.0. The highest BCUT2D eigenvalue weighted by atomic mass is 16.6. The normalized spacial score (nSPS) is 34.9. The molecule has 3 aromatic rings. The molecule has 10 atom stereocenters. The lowest BCUT2D eigenvalue weighted by Gasteiger charge is -2.63. The van der Waals surface area contributed by atoms with E-state index in [-0.39, 0.29) is 17.9 Å². The molecule has 9 rings (SSSR count). The van der Waals surface area contributed by atoms with Gasteiger partial charge in [-0.05, 0) is 60.5 Å². The van der Waals surface area contributed by atoms with Crippen LogP contribution in [0.1, 0.15) is 74.3 Å². The average molecular weight is 779 g/mol. The Kier molecular flexibility index (Phi) is 8.95. The summed E-state index contributed by atoms with van der Waals surface area (Å²) in [7, 11) is 6.29. The van der Waals surface area contributed by atoms with E-state index in [4.69, 9.17) is 18.9 Å². The number of hydrogen-bond acceptors (Lipinski definition) is 11. The number of methoxy groups -OCH3 is 3. The van der Waals surface area contributed by atoms with Crippen molar-refractivity contribution in [3.8, 4) is 5.75 Å². The van der Waals surface area contributed by atoms with E-state index in [0.29, 0.717) is 38.2 Å². The Labute approximate surface area is 333 Å². The van der Waals surface area contributed by atoms with Crippen molar-refractivity contribution in [2.24, 2.45) is 11.3 Å². The van der Waals surface area contributed by atoms with Crippen molar-refractivity contribution in [3.05, 3.63) is 82.6 Å². The average Bonchev–Trinajstić information content (AvgIpc) is 3.86. The summed E-state index contributed by atoms with van der Waals surface area (Å²) in [5, 5.41) is 14.4. The van der Waals surface area contributed by atoms with Crippen molar-refractivity contribution < 1.29 is 38.4 Å². The molecule has 2 fully saturated rings. The van der Waals surface area contributed by atoms with Gasteiger partial charge in [-0.2, -0.15) is 0 Å². The number of nitrogens with one attached hydrogen (secondary N) is 1. The van der Waals surface area contributed by atoms with Crippen molar-refractivity contribution in [2.75, 3.05) is 59.5 Å². The number of likely N-dealkylation sites (N-methyl/N-ethyl adjacent to an activating group) is 1. The number of hydrogen-bond donors (Lipinski definition) is 2. The van der Waals surface area contributed by atoms with E-state index >= 15 is 0 Å². The number of nitrogens with zero attached hydrogens (tertiary/aromatic N) is 3. The Morgan fingerprint density at radius 2 is 1.82 bits per heavy atom. The van der Waals surface area contributed by atoms with Crippen molar-refractivity contribution in [2.45, 2.75) is 87.6 Å². The molecule has 302 valence electrons. The maximum atomic E-state index is 14.5. The smallest absolute Gasteiger partial charge is 0.344 e. The first-order chi connectivity index (χ1) is 27.4. The minimum Gasteiger partial charge on any atom is -0.496 e. The molecule has 1 unspecified atom stereocenters. The number of ether oxygens (including phenoxy) is 4. The number of esters is 3. The highest BCUT2D eigenvalue weighted by Gasteiger charge is 2.80. The molecule has 57 heavy (non-hydrogen) atoms. The summed E-state index contributed by atoms with van der Waals surface area (Å²) in [6.07, 6.45) is 7.32. The summed E-state index contributed by atoms with van der Waals surface area (Å²) in [6.45, 7) is 9.22. The van der Waals surface area contributed by atoms with E-state index in [1.165, 1.54) is 26.7 Å². The molecule has 5 aliphatic heterocycles. The van der Waals surface area contributed by atoms with Gasteiger partial charge in [-0.3, -0.25) is 19.4 Å². The number of aliphatic hydroxyl groups is 1. The number of fused-ring (bicyclic) bond motifs is 6. The van der Waals surface area contributed by atoms with Gasteiger partial charge in [-0.1, -0.05) is 55.8 Å². The molecule has 12 nitrogen and oxygen atoms in total. The van der Waals surface area contributed by atoms with Crippen LogP contribution >= 0.6 is 0 Å². The Morgan fingerprint density at radius 1 is 1.04 bits per heavy atom. The largest absolute Gasteiger partial charge is 0.496 e. The minimum atomic E-state index is -2.25. The second kappa shape index (κ2) is 13.5. The van der Waals surface area contributed by atoms with E-state index in [9.17, 15) is 19.5 Å². The standard InChI is InChI=1S/C45H54N4O8/c1-8-26-19-27-23-48(22-26)24-30-28-13-10-11-14-32(28)46-37(30)36(38(51)55-6)35(27)29-20-31-33(21-34(29)54-5)47(4)40-44(31)16-18-49-17-12-15-43(9-2,39(44)49)41(57-25(3)50)45(40,53)42(52)56-7/h10-15,19-21,27,35-36,39-41,46,53H,8-9,16-18,22-24H2,1-7H3/t27-,35-,36-,39+,40+,41-,43+,44-,45+/m1/s1. The van der Waals surface area contributed by atoms with Crippen LogP contribution < -0.4 is 9.64 Å². The van der Waals surface area contributed by atoms with Crippen molar-refractivity contribution in [1.29, 1.82) is 0 Å². The Morgan fingerprint density at radius 3 is 2.53 bits per heavy atom. The Hall–Kier alpha value is -4.65. The number of carbonyl (C=O) groups excluding carboxylic acids is 3. The molecule has 1 saturated carbocycles. The molecular weight excluding hydrogens is 725 g/mol. The van der Waals surface area contributed by atoms with Crippen LogP contribution in [0.2, 0.25) is 0 Å². The van der Waals surface area contributed by atoms with Crippen LogP contribution in [0.3, 0.4) is 0 Å². The van der Waals surface area contributed by atoms with Gasteiger partial charge in [0, 0.05) is 91.3 Å². The van der Waals surface area contributed by atoms with Gasteiger partial charge in [0.25, 0.3) is 0 Å².